The third-order valence-electron chi connectivity index (χ3n) is 3.49. The summed E-state index contributed by atoms with van der Waals surface area (Å²) in [5.41, 5.74) is 3.95. The quantitative estimate of drug-likeness (QED) is 0.906. The molecule has 0 aliphatic carbocycles. The normalized spacial score (nSPS) is 14.3. The lowest BCUT2D eigenvalue weighted by molar-refractivity contribution is 0.704. The number of hydrogen-bond donors (Lipinski definition) is 1. The molecule has 0 atom stereocenters. The van der Waals surface area contributed by atoms with Crippen LogP contribution in [0.2, 0.25) is 0 Å². The van der Waals surface area contributed by atoms with Crippen LogP contribution in [0.4, 0.5) is 5.95 Å². The van der Waals surface area contributed by atoms with Crippen LogP contribution < -0.4 is 10.2 Å². The van der Waals surface area contributed by atoms with Gasteiger partial charge in [-0.15, -0.1) is 0 Å². The van der Waals surface area contributed by atoms with E-state index in [1.165, 1.54) is 11.1 Å². The Morgan fingerprint density at radius 3 is 2.63 bits per heavy atom. The van der Waals surface area contributed by atoms with Crippen LogP contribution in [0.25, 0.3) is 0 Å². The first kappa shape index (κ1) is 12.1. The molecule has 19 heavy (non-hydrogen) atoms. The molecule has 1 aliphatic heterocycles. The van der Waals surface area contributed by atoms with E-state index >= 15 is 0 Å². The molecule has 0 unspecified atom stereocenters. The van der Waals surface area contributed by atoms with Gasteiger partial charge in [0.25, 0.3) is 0 Å². The number of fused-ring (bicyclic) bond motifs is 1. The van der Waals surface area contributed by atoms with E-state index in [9.17, 15) is 0 Å². The monoisotopic (exact) mass is 254 g/mol. The number of rotatable bonds is 3. The van der Waals surface area contributed by atoms with Gasteiger partial charge in [-0.3, -0.25) is 0 Å². The molecule has 0 saturated heterocycles. The fourth-order valence-corrected chi connectivity index (χ4v) is 2.47. The maximum atomic E-state index is 4.47. The van der Waals surface area contributed by atoms with Gasteiger partial charge in [-0.05, 0) is 24.6 Å². The summed E-state index contributed by atoms with van der Waals surface area (Å²) < 4.78 is 0. The van der Waals surface area contributed by atoms with Gasteiger partial charge in [0.1, 0.15) is 0 Å². The smallest absolute Gasteiger partial charge is 0.225 e. The Labute approximate surface area is 113 Å². The average molecular weight is 254 g/mol. The Balaban J connectivity index is 1.77. The second kappa shape index (κ2) is 5.36. The van der Waals surface area contributed by atoms with Gasteiger partial charge in [0.05, 0.1) is 0 Å². The molecule has 0 radical (unpaired) electrons. The lowest BCUT2D eigenvalue weighted by atomic mass is 10.0. The van der Waals surface area contributed by atoms with Crippen molar-refractivity contribution in [3.8, 4) is 0 Å². The Morgan fingerprint density at radius 2 is 1.89 bits per heavy atom. The SMILES string of the molecule is CNCc1cnc(N2CCc3ccccc3C2)nc1. The molecule has 0 bridgehead atoms. The number of hydrogen-bond acceptors (Lipinski definition) is 4. The lowest BCUT2D eigenvalue weighted by Crippen LogP contribution is -2.31. The zero-order valence-corrected chi connectivity index (χ0v) is 11.1. The van der Waals surface area contributed by atoms with E-state index in [0.29, 0.717) is 0 Å². The fourth-order valence-electron chi connectivity index (χ4n) is 2.47. The van der Waals surface area contributed by atoms with Crippen molar-refractivity contribution in [2.24, 2.45) is 0 Å². The molecule has 1 aromatic carbocycles. The summed E-state index contributed by atoms with van der Waals surface area (Å²) in [7, 11) is 1.93. The van der Waals surface area contributed by atoms with Crippen molar-refractivity contribution < 1.29 is 0 Å². The molecule has 3 rings (SSSR count). The fraction of sp³-hybridized carbons (Fsp3) is 0.333. The van der Waals surface area contributed by atoms with Gasteiger partial charge in [-0.1, -0.05) is 24.3 Å². The van der Waals surface area contributed by atoms with Crippen molar-refractivity contribution in [1.29, 1.82) is 0 Å². The van der Waals surface area contributed by atoms with E-state index in [0.717, 1.165) is 37.6 Å². The van der Waals surface area contributed by atoms with Gasteiger partial charge >= 0.3 is 0 Å². The van der Waals surface area contributed by atoms with Crippen LogP contribution in [-0.4, -0.2) is 23.6 Å². The van der Waals surface area contributed by atoms with Crippen molar-refractivity contribution in [3.05, 3.63) is 53.3 Å². The van der Waals surface area contributed by atoms with Gasteiger partial charge in [-0.2, -0.15) is 0 Å². The summed E-state index contributed by atoms with van der Waals surface area (Å²) in [4.78, 5) is 11.2. The highest BCUT2D eigenvalue weighted by atomic mass is 15.2. The van der Waals surface area contributed by atoms with Crippen molar-refractivity contribution in [2.75, 3.05) is 18.5 Å². The van der Waals surface area contributed by atoms with Crippen LogP contribution in [0.3, 0.4) is 0 Å². The minimum atomic E-state index is 0.809. The van der Waals surface area contributed by atoms with E-state index in [4.69, 9.17) is 0 Å². The molecule has 0 saturated carbocycles. The van der Waals surface area contributed by atoms with Gasteiger partial charge < -0.3 is 10.2 Å². The first-order chi connectivity index (χ1) is 9.36. The number of anilines is 1. The summed E-state index contributed by atoms with van der Waals surface area (Å²) in [6.45, 7) is 2.70. The molecule has 4 nitrogen and oxygen atoms in total. The van der Waals surface area contributed by atoms with Gasteiger partial charge in [0.15, 0.2) is 0 Å². The molecule has 98 valence electrons. The average Bonchev–Trinajstić information content (AvgIpc) is 2.48. The van der Waals surface area contributed by atoms with E-state index in [-0.39, 0.29) is 0 Å². The molecule has 1 aromatic heterocycles. The van der Waals surface area contributed by atoms with Crippen molar-refractivity contribution >= 4 is 5.95 Å². The highest BCUT2D eigenvalue weighted by Crippen LogP contribution is 2.21. The highest BCUT2D eigenvalue weighted by Gasteiger charge is 2.17. The van der Waals surface area contributed by atoms with Crippen LogP contribution in [0.15, 0.2) is 36.7 Å². The Bertz CT molecular complexity index is 550. The van der Waals surface area contributed by atoms with Crippen LogP contribution in [0.5, 0.6) is 0 Å². The van der Waals surface area contributed by atoms with Gasteiger partial charge in [-0.25, -0.2) is 9.97 Å². The summed E-state index contributed by atoms with van der Waals surface area (Å²) in [6.07, 6.45) is 4.87. The van der Waals surface area contributed by atoms with E-state index in [2.05, 4.69) is 44.5 Å². The van der Waals surface area contributed by atoms with E-state index in [1.54, 1.807) is 0 Å². The number of nitrogens with zero attached hydrogens (tertiary/aromatic N) is 3. The van der Waals surface area contributed by atoms with Crippen LogP contribution in [0.1, 0.15) is 16.7 Å². The molecular weight excluding hydrogens is 236 g/mol. The molecule has 2 heterocycles. The predicted octanol–water partition coefficient (Wildman–Crippen LogP) is 1.76. The summed E-state index contributed by atoms with van der Waals surface area (Å²) in [5.74, 6) is 0.828. The maximum absolute atomic E-state index is 4.47. The predicted molar refractivity (Wildman–Crippen MR) is 76.0 cm³/mol. The minimum Gasteiger partial charge on any atom is -0.336 e. The van der Waals surface area contributed by atoms with E-state index in [1.807, 2.05) is 19.4 Å². The Kier molecular flexibility index (Phi) is 3.42. The van der Waals surface area contributed by atoms with Gasteiger partial charge in [0.2, 0.25) is 5.95 Å². The zero-order valence-electron chi connectivity index (χ0n) is 11.1. The first-order valence-electron chi connectivity index (χ1n) is 6.64. The van der Waals surface area contributed by atoms with Crippen molar-refractivity contribution in [1.82, 2.24) is 15.3 Å². The third-order valence-corrected chi connectivity index (χ3v) is 3.49. The second-order valence-electron chi connectivity index (χ2n) is 4.86. The third kappa shape index (κ3) is 2.58. The summed E-state index contributed by atoms with van der Waals surface area (Å²) in [6, 6.07) is 8.61. The standard InChI is InChI=1S/C15H18N4/c1-16-8-12-9-17-15(18-10-12)19-7-6-13-4-2-3-5-14(13)11-19/h2-5,9-10,16H,6-8,11H2,1H3. The molecule has 0 spiro atoms. The summed E-state index contributed by atoms with van der Waals surface area (Å²) in [5, 5.41) is 3.10. The number of nitrogens with one attached hydrogen (secondary N) is 1. The molecule has 2 aromatic rings. The number of benzene rings is 1. The van der Waals surface area contributed by atoms with Crippen LogP contribution in [-0.2, 0) is 19.5 Å². The lowest BCUT2D eigenvalue weighted by Gasteiger charge is -2.28. The first-order valence-corrected chi connectivity index (χ1v) is 6.64. The van der Waals surface area contributed by atoms with Crippen molar-refractivity contribution in [3.63, 3.8) is 0 Å². The Hall–Kier alpha value is -1.94. The molecule has 1 N–H and O–H groups in total. The molecular formula is C15H18N4. The zero-order chi connectivity index (χ0) is 13.1. The highest BCUT2D eigenvalue weighted by molar-refractivity contribution is 5.39. The van der Waals surface area contributed by atoms with Gasteiger partial charge in [0, 0.05) is 37.6 Å². The maximum Gasteiger partial charge on any atom is 0.225 e. The number of aromatic nitrogens is 2. The molecule has 0 amide bonds. The van der Waals surface area contributed by atoms with Crippen LogP contribution in [0, 0.1) is 0 Å². The molecule has 1 aliphatic rings. The topological polar surface area (TPSA) is 41.1 Å². The minimum absolute atomic E-state index is 0.809. The summed E-state index contributed by atoms with van der Waals surface area (Å²) >= 11 is 0. The van der Waals surface area contributed by atoms with Crippen molar-refractivity contribution in [2.45, 2.75) is 19.5 Å². The Morgan fingerprint density at radius 1 is 1.16 bits per heavy atom. The van der Waals surface area contributed by atoms with E-state index < -0.39 is 0 Å². The molecule has 4 heteroatoms. The second-order valence-corrected chi connectivity index (χ2v) is 4.86. The van der Waals surface area contributed by atoms with Crippen LogP contribution >= 0.6 is 0 Å². The largest absolute Gasteiger partial charge is 0.336 e. The molecule has 0 fully saturated rings.